The molecule has 0 amide bonds. The summed E-state index contributed by atoms with van der Waals surface area (Å²) in [5, 5.41) is 0. The van der Waals surface area contributed by atoms with Crippen molar-refractivity contribution >= 4 is 6.08 Å². The fourth-order valence-corrected chi connectivity index (χ4v) is 0.810. The molecule has 0 aromatic heterocycles. The molecule has 0 saturated carbocycles. The summed E-state index contributed by atoms with van der Waals surface area (Å²) in [6.07, 6.45) is 1.40. The van der Waals surface area contributed by atoms with Crippen molar-refractivity contribution in [2.24, 2.45) is 4.99 Å². The molecule has 0 spiro atoms. The van der Waals surface area contributed by atoms with Crippen molar-refractivity contribution in [3.05, 3.63) is 35.9 Å². The summed E-state index contributed by atoms with van der Waals surface area (Å²) in [7, 11) is 0. The van der Waals surface area contributed by atoms with Gasteiger partial charge in [0.2, 0.25) is 6.08 Å². The minimum Gasteiger partial charge on any atom is -0.354 e. The highest BCUT2D eigenvalue weighted by atomic mass is 16.5. The molecular weight excluding hydrogens is 154 g/mol. The van der Waals surface area contributed by atoms with Crippen molar-refractivity contribution in [2.75, 3.05) is 6.73 Å². The first-order valence-corrected chi connectivity index (χ1v) is 3.59. The van der Waals surface area contributed by atoms with Crippen molar-refractivity contribution in [1.29, 1.82) is 0 Å². The van der Waals surface area contributed by atoms with Crippen LogP contribution in [-0.4, -0.2) is 12.8 Å². The van der Waals surface area contributed by atoms with Gasteiger partial charge in [0.05, 0.1) is 6.61 Å². The standard InChI is InChI=1S/C9H9NO2/c11-7-10-8-12-6-9-4-2-1-3-5-9/h1-5H,6,8H2. The lowest BCUT2D eigenvalue weighted by Crippen LogP contribution is -1.91. The van der Waals surface area contributed by atoms with Crippen LogP contribution in [0.3, 0.4) is 0 Å². The van der Waals surface area contributed by atoms with Gasteiger partial charge in [-0.25, -0.2) is 4.79 Å². The Bertz CT molecular complexity index is 265. The van der Waals surface area contributed by atoms with Gasteiger partial charge in [-0.05, 0) is 5.56 Å². The average molecular weight is 163 g/mol. The number of rotatable bonds is 4. The van der Waals surface area contributed by atoms with Crippen LogP contribution >= 0.6 is 0 Å². The Kier molecular flexibility index (Phi) is 3.78. The van der Waals surface area contributed by atoms with Crippen molar-refractivity contribution in [3.63, 3.8) is 0 Å². The minimum absolute atomic E-state index is 0.0817. The van der Waals surface area contributed by atoms with Crippen LogP contribution in [0.5, 0.6) is 0 Å². The molecular formula is C9H9NO2. The maximum atomic E-state index is 9.64. The second-order valence-electron chi connectivity index (χ2n) is 2.21. The quantitative estimate of drug-likeness (QED) is 0.383. The lowest BCUT2D eigenvalue weighted by Gasteiger charge is -1.98. The molecule has 3 heteroatoms. The Balaban J connectivity index is 2.29. The van der Waals surface area contributed by atoms with Crippen LogP contribution in [0.2, 0.25) is 0 Å². The zero-order chi connectivity index (χ0) is 8.65. The van der Waals surface area contributed by atoms with Crippen LogP contribution in [0.15, 0.2) is 35.3 Å². The van der Waals surface area contributed by atoms with Gasteiger partial charge in [-0.15, -0.1) is 0 Å². The average Bonchev–Trinajstić information content (AvgIpc) is 2.14. The summed E-state index contributed by atoms with van der Waals surface area (Å²) in [5.41, 5.74) is 1.07. The molecule has 0 fully saturated rings. The zero-order valence-corrected chi connectivity index (χ0v) is 6.56. The molecule has 0 aliphatic carbocycles. The maximum absolute atomic E-state index is 9.64. The van der Waals surface area contributed by atoms with Crippen LogP contribution in [0.25, 0.3) is 0 Å². The molecule has 1 rings (SSSR count). The third kappa shape index (κ3) is 3.10. The van der Waals surface area contributed by atoms with E-state index >= 15 is 0 Å². The Morgan fingerprint density at radius 1 is 1.33 bits per heavy atom. The molecule has 0 unspecified atom stereocenters. The predicted molar refractivity (Wildman–Crippen MR) is 44.2 cm³/mol. The second-order valence-corrected chi connectivity index (χ2v) is 2.21. The van der Waals surface area contributed by atoms with Gasteiger partial charge in [-0.2, -0.15) is 4.99 Å². The van der Waals surface area contributed by atoms with Gasteiger partial charge >= 0.3 is 0 Å². The highest BCUT2D eigenvalue weighted by molar-refractivity contribution is 5.32. The van der Waals surface area contributed by atoms with E-state index in [-0.39, 0.29) is 6.73 Å². The molecule has 0 atom stereocenters. The van der Waals surface area contributed by atoms with E-state index in [1.165, 1.54) is 6.08 Å². The molecule has 0 saturated heterocycles. The van der Waals surface area contributed by atoms with Gasteiger partial charge in [0.15, 0.2) is 0 Å². The smallest absolute Gasteiger partial charge is 0.237 e. The van der Waals surface area contributed by atoms with Gasteiger partial charge in [0.1, 0.15) is 6.73 Å². The summed E-state index contributed by atoms with van der Waals surface area (Å²) in [6.45, 7) is 0.560. The molecule has 0 radical (unpaired) electrons. The summed E-state index contributed by atoms with van der Waals surface area (Å²) < 4.78 is 5.03. The van der Waals surface area contributed by atoms with E-state index < -0.39 is 0 Å². The van der Waals surface area contributed by atoms with Crippen molar-refractivity contribution in [2.45, 2.75) is 6.61 Å². The number of benzene rings is 1. The molecule has 0 aliphatic rings. The minimum atomic E-state index is 0.0817. The Labute approximate surface area is 70.7 Å². The number of aliphatic imine (C=N–C) groups is 1. The first-order chi connectivity index (χ1) is 5.93. The number of isocyanates is 1. The van der Waals surface area contributed by atoms with Crippen molar-refractivity contribution in [1.82, 2.24) is 0 Å². The van der Waals surface area contributed by atoms with Crippen LogP contribution in [0, 0.1) is 0 Å². The van der Waals surface area contributed by atoms with Gasteiger partial charge < -0.3 is 4.74 Å². The first-order valence-electron chi connectivity index (χ1n) is 3.59. The van der Waals surface area contributed by atoms with Crippen LogP contribution in [0.1, 0.15) is 5.56 Å². The largest absolute Gasteiger partial charge is 0.354 e. The first kappa shape index (κ1) is 8.65. The van der Waals surface area contributed by atoms with Crippen LogP contribution < -0.4 is 0 Å². The molecule has 1 aromatic rings. The highest BCUT2D eigenvalue weighted by Crippen LogP contribution is 1.99. The van der Waals surface area contributed by atoms with Gasteiger partial charge in [-0.3, -0.25) is 0 Å². The third-order valence-electron chi connectivity index (χ3n) is 1.33. The summed E-state index contributed by atoms with van der Waals surface area (Å²) >= 11 is 0. The van der Waals surface area contributed by atoms with Crippen LogP contribution in [-0.2, 0) is 16.1 Å². The fraction of sp³-hybridized carbons (Fsp3) is 0.222. The van der Waals surface area contributed by atoms with Crippen LogP contribution in [0.4, 0.5) is 0 Å². The monoisotopic (exact) mass is 163 g/mol. The van der Waals surface area contributed by atoms with E-state index in [4.69, 9.17) is 4.74 Å². The Hall–Kier alpha value is -1.44. The molecule has 0 bridgehead atoms. The lowest BCUT2D eigenvalue weighted by molar-refractivity contribution is 0.129. The number of carbonyl (C=O) groups excluding carboxylic acids is 1. The molecule has 1 aromatic carbocycles. The summed E-state index contributed by atoms with van der Waals surface area (Å²) in [6, 6.07) is 9.70. The zero-order valence-electron chi connectivity index (χ0n) is 6.56. The maximum Gasteiger partial charge on any atom is 0.237 e. The van der Waals surface area contributed by atoms with E-state index in [0.717, 1.165) is 5.56 Å². The SMILES string of the molecule is O=C=NCOCc1ccccc1. The number of hydrogen-bond donors (Lipinski definition) is 0. The molecule has 12 heavy (non-hydrogen) atoms. The van der Waals surface area contributed by atoms with E-state index in [2.05, 4.69) is 4.99 Å². The van der Waals surface area contributed by atoms with E-state index in [1.54, 1.807) is 0 Å². The summed E-state index contributed by atoms with van der Waals surface area (Å²) in [4.78, 5) is 12.9. The molecule has 0 heterocycles. The normalized spacial score (nSPS) is 9.00. The Morgan fingerprint density at radius 3 is 2.75 bits per heavy atom. The number of ether oxygens (including phenoxy) is 1. The molecule has 3 nitrogen and oxygen atoms in total. The van der Waals surface area contributed by atoms with Gasteiger partial charge in [-0.1, -0.05) is 30.3 Å². The van der Waals surface area contributed by atoms with E-state index in [1.807, 2.05) is 30.3 Å². The van der Waals surface area contributed by atoms with Crippen molar-refractivity contribution < 1.29 is 9.53 Å². The third-order valence-corrected chi connectivity index (χ3v) is 1.33. The number of nitrogens with zero attached hydrogens (tertiary/aromatic N) is 1. The lowest BCUT2D eigenvalue weighted by atomic mass is 10.2. The summed E-state index contributed by atoms with van der Waals surface area (Å²) in [5.74, 6) is 0. The Morgan fingerprint density at radius 2 is 2.08 bits per heavy atom. The number of hydrogen-bond acceptors (Lipinski definition) is 3. The highest BCUT2D eigenvalue weighted by Gasteiger charge is 1.88. The predicted octanol–water partition coefficient (Wildman–Crippen LogP) is 1.50. The van der Waals surface area contributed by atoms with Crippen molar-refractivity contribution in [3.8, 4) is 0 Å². The fourth-order valence-electron chi connectivity index (χ4n) is 0.810. The van der Waals surface area contributed by atoms with Gasteiger partial charge in [0.25, 0.3) is 0 Å². The second kappa shape index (κ2) is 5.24. The van der Waals surface area contributed by atoms with E-state index in [9.17, 15) is 4.79 Å². The van der Waals surface area contributed by atoms with E-state index in [0.29, 0.717) is 6.61 Å². The van der Waals surface area contributed by atoms with Gasteiger partial charge in [0, 0.05) is 0 Å². The topological polar surface area (TPSA) is 38.7 Å². The molecule has 0 N–H and O–H groups in total. The molecule has 62 valence electrons. The molecule has 0 aliphatic heterocycles.